The molecule has 0 bridgehead atoms. The van der Waals surface area contributed by atoms with E-state index in [-0.39, 0.29) is 0 Å². The fourth-order valence-electron chi connectivity index (χ4n) is 2.08. The Morgan fingerprint density at radius 3 is 2.85 bits per heavy atom. The lowest BCUT2D eigenvalue weighted by atomic mass is 10.1. The molecule has 3 rings (SSSR count). The van der Waals surface area contributed by atoms with Crippen LogP contribution in [0.1, 0.15) is 18.9 Å². The number of hydrogen-bond acceptors (Lipinski definition) is 5. The summed E-state index contributed by atoms with van der Waals surface area (Å²) in [5.74, 6) is 0.783. The van der Waals surface area contributed by atoms with Crippen LogP contribution in [-0.4, -0.2) is 31.3 Å². The first-order chi connectivity index (χ1) is 9.81. The lowest BCUT2D eigenvalue weighted by Crippen LogP contribution is -2.17. The highest BCUT2D eigenvalue weighted by molar-refractivity contribution is 5.42. The van der Waals surface area contributed by atoms with Crippen LogP contribution in [0.2, 0.25) is 0 Å². The zero-order valence-corrected chi connectivity index (χ0v) is 11.3. The van der Waals surface area contributed by atoms with Crippen molar-refractivity contribution in [2.75, 3.05) is 5.32 Å². The number of anilines is 1. The van der Waals surface area contributed by atoms with Crippen LogP contribution < -0.4 is 5.32 Å². The topological polar surface area (TPSA) is 68.0 Å². The summed E-state index contributed by atoms with van der Waals surface area (Å²) in [6.07, 6.45) is 2.08. The van der Waals surface area contributed by atoms with Crippen molar-refractivity contribution in [1.29, 1.82) is 0 Å². The minimum atomic E-state index is 0.330. The summed E-state index contributed by atoms with van der Waals surface area (Å²) in [5, 5.41) is 18.8. The fourth-order valence-corrected chi connectivity index (χ4v) is 2.08. The summed E-state index contributed by atoms with van der Waals surface area (Å²) in [6.45, 7) is 2.15. The Bertz CT molecular complexity index is 678. The number of nitrogens with one attached hydrogen (secondary N) is 1. The van der Waals surface area contributed by atoms with Gasteiger partial charge < -0.3 is 5.32 Å². The molecule has 6 heteroatoms. The van der Waals surface area contributed by atoms with Crippen LogP contribution in [0.15, 0.2) is 42.5 Å². The molecule has 0 radical (unpaired) electrons. The number of hydrogen-bond donors (Lipinski definition) is 1. The summed E-state index contributed by atoms with van der Waals surface area (Å²) in [4.78, 5) is 0. The van der Waals surface area contributed by atoms with Crippen LogP contribution in [0, 0.1) is 0 Å². The van der Waals surface area contributed by atoms with Crippen molar-refractivity contribution in [2.45, 2.75) is 25.8 Å². The molecular weight excluding hydrogens is 252 g/mol. The zero-order chi connectivity index (χ0) is 13.8. The van der Waals surface area contributed by atoms with E-state index in [1.807, 2.05) is 18.2 Å². The molecule has 0 aliphatic carbocycles. The van der Waals surface area contributed by atoms with Gasteiger partial charge in [0.05, 0.1) is 0 Å². The third kappa shape index (κ3) is 2.90. The highest BCUT2D eigenvalue weighted by Crippen LogP contribution is 2.10. The van der Waals surface area contributed by atoms with Crippen LogP contribution in [-0.2, 0) is 6.42 Å². The number of aryl methyl sites for hydroxylation is 1. The highest BCUT2D eigenvalue weighted by atomic mass is 15.6. The van der Waals surface area contributed by atoms with Crippen LogP contribution >= 0.6 is 0 Å². The molecule has 0 aliphatic rings. The molecule has 1 aromatic carbocycles. The number of nitrogens with zero attached hydrogens (tertiary/aromatic N) is 5. The number of rotatable bonds is 5. The molecule has 2 heterocycles. The van der Waals surface area contributed by atoms with Crippen LogP contribution in [0.25, 0.3) is 5.65 Å². The molecule has 3 aromatic rings. The maximum Gasteiger partial charge on any atom is 0.200 e. The molecule has 0 amide bonds. The minimum absolute atomic E-state index is 0.330. The normalized spacial score (nSPS) is 12.4. The fraction of sp³-hybridized carbons (Fsp3) is 0.286. The number of benzene rings is 1. The van der Waals surface area contributed by atoms with Crippen LogP contribution in [0.3, 0.4) is 0 Å². The predicted octanol–water partition coefficient (Wildman–Crippen LogP) is 1.95. The first kappa shape index (κ1) is 12.5. The second kappa shape index (κ2) is 5.64. The van der Waals surface area contributed by atoms with E-state index in [1.54, 1.807) is 0 Å². The van der Waals surface area contributed by atoms with Crippen LogP contribution in [0.4, 0.5) is 5.82 Å². The van der Waals surface area contributed by atoms with E-state index in [4.69, 9.17) is 0 Å². The Balaban J connectivity index is 1.59. The van der Waals surface area contributed by atoms with E-state index in [0.29, 0.717) is 11.7 Å². The van der Waals surface area contributed by atoms with Crippen molar-refractivity contribution in [3.8, 4) is 0 Å². The molecule has 0 saturated carbocycles. The van der Waals surface area contributed by atoms with Gasteiger partial charge >= 0.3 is 0 Å². The Labute approximate surface area is 116 Å². The summed E-state index contributed by atoms with van der Waals surface area (Å²) in [5.41, 5.74) is 2.00. The number of fused-ring (bicyclic) bond motifs is 1. The molecule has 0 saturated heterocycles. The molecule has 0 aliphatic heterocycles. The average molecular weight is 268 g/mol. The third-order valence-corrected chi connectivity index (χ3v) is 3.17. The highest BCUT2D eigenvalue weighted by Gasteiger charge is 2.05. The molecule has 1 N–H and O–H groups in total. The Kier molecular flexibility index (Phi) is 3.54. The lowest BCUT2D eigenvalue weighted by Gasteiger charge is -2.14. The quantitative estimate of drug-likeness (QED) is 0.766. The lowest BCUT2D eigenvalue weighted by molar-refractivity contribution is 0.687. The number of aromatic nitrogens is 5. The SMILES string of the molecule is CC(CCc1ccccc1)Nc1ccc2nnnn2n1. The Morgan fingerprint density at radius 2 is 2.00 bits per heavy atom. The zero-order valence-electron chi connectivity index (χ0n) is 11.3. The summed E-state index contributed by atoms with van der Waals surface area (Å²) in [6, 6.07) is 14.6. The monoisotopic (exact) mass is 268 g/mol. The van der Waals surface area contributed by atoms with Crippen molar-refractivity contribution in [2.24, 2.45) is 0 Å². The van der Waals surface area contributed by atoms with E-state index >= 15 is 0 Å². The first-order valence-electron chi connectivity index (χ1n) is 6.67. The van der Waals surface area contributed by atoms with Gasteiger partial charge in [-0.25, -0.2) is 0 Å². The Morgan fingerprint density at radius 1 is 1.15 bits per heavy atom. The number of tetrazole rings is 1. The summed E-state index contributed by atoms with van der Waals surface area (Å²) in [7, 11) is 0. The summed E-state index contributed by atoms with van der Waals surface area (Å²) >= 11 is 0. The van der Waals surface area contributed by atoms with Gasteiger partial charge in [0.2, 0.25) is 0 Å². The molecule has 1 atom stereocenters. The van der Waals surface area contributed by atoms with E-state index in [1.165, 1.54) is 10.2 Å². The van der Waals surface area contributed by atoms with Crippen molar-refractivity contribution in [3.05, 3.63) is 48.0 Å². The third-order valence-electron chi connectivity index (χ3n) is 3.17. The van der Waals surface area contributed by atoms with Gasteiger partial charge in [-0.3, -0.25) is 0 Å². The minimum Gasteiger partial charge on any atom is -0.366 e. The predicted molar refractivity (Wildman–Crippen MR) is 76.4 cm³/mol. The van der Waals surface area contributed by atoms with E-state index in [9.17, 15) is 0 Å². The van der Waals surface area contributed by atoms with Crippen molar-refractivity contribution < 1.29 is 0 Å². The van der Waals surface area contributed by atoms with Gasteiger partial charge in [0.15, 0.2) is 5.65 Å². The van der Waals surface area contributed by atoms with Crippen molar-refractivity contribution >= 4 is 11.5 Å². The van der Waals surface area contributed by atoms with E-state index in [2.05, 4.69) is 57.1 Å². The molecule has 102 valence electrons. The van der Waals surface area contributed by atoms with E-state index in [0.717, 1.165) is 18.7 Å². The maximum atomic E-state index is 4.30. The Hall–Kier alpha value is -2.50. The maximum absolute atomic E-state index is 4.30. The molecule has 2 aromatic heterocycles. The molecule has 20 heavy (non-hydrogen) atoms. The second-order valence-electron chi connectivity index (χ2n) is 4.81. The van der Waals surface area contributed by atoms with Crippen molar-refractivity contribution in [3.63, 3.8) is 0 Å². The van der Waals surface area contributed by atoms with Crippen LogP contribution in [0.5, 0.6) is 0 Å². The van der Waals surface area contributed by atoms with Crippen molar-refractivity contribution in [1.82, 2.24) is 25.3 Å². The van der Waals surface area contributed by atoms with Gasteiger partial charge in [-0.15, -0.1) is 14.8 Å². The largest absolute Gasteiger partial charge is 0.366 e. The van der Waals surface area contributed by atoms with Gasteiger partial charge in [-0.05, 0) is 47.9 Å². The van der Waals surface area contributed by atoms with Gasteiger partial charge in [0.1, 0.15) is 5.82 Å². The van der Waals surface area contributed by atoms with Gasteiger partial charge in [-0.1, -0.05) is 30.3 Å². The average Bonchev–Trinajstić information content (AvgIpc) is 2.94. The van der Waals surface area contributed by atoms with E-state index < -0.39 is 0 Å². The first-order valence-corrected chi connectivity index (χ1v) is 6.67. The summed E-state index contributed by atoms with van der Waals surface area (Å²) < 4.78 is 1.42. The standard InChI is InChI=1S/C14H16N6/c1-11(7-8-12-5-3-2-4-6-12)15-13-9-10-14-16-18-19-20(14)17-13/h2-6,9-11H,7-8H2,1H3,(H,15,17). The smallest absolute Gasteiger partial charge is 0.200 e. The molecule has 1 unspecified atom stereocenters. The van der Waals surface area contributed by atoms with Gasteiger partial charge in [-0.2, -0.15) is 0 Å². The molecular formula is C14H16N6. The molecule has 6 nitrogen and oxygen atoms in total. The van der Waals surface area contributed by atoms with Gasteiger partial charge in [0.25, 0.3) is 0 Å². The second-order valence-corrected chi connectivity index (χ2v) is 4.81. The van der Waals surface area contributed by atoms with Gasteiger partial charge in [0, 0.05) is 6.04 Å². The molecule has 0 fully saturated rings. The molecule has 0 spiro atoms.